The smallest absolute Gasteiger partial charge is 0.291 e. The Morgan fingerprint density at radius 2 is 1.96 bits per heavy atom. The van der Waals surface area contributed by atoms with Crippen molar-refractivity contribution in [2.24, 2.45) is 17.6 Å². The average molecular weight is 388 g/mol. The maximum atomic E-state index is 13.0. The van der Waals surface area contributed by atoms with E-state index in [-0.39, 0.29) is 17.0 Å². The Balaban J connectivity index is 1.42. The Hall–Kier alpha value is -2.15. The zero-order valence-electron chi connectivity index (χ0n) is 15.1. The van der Waals surface area contributed by atoms with Gasteiger partial charge < -0.3 is 0 Å². The number of imide groups is 1. The lowest BCUT2D eigenvalue weighted by Crippen LogP contribution is -2.36. The van der Waals surface area contributed by atoms with Crippen LogP contribution in [0.15, 0.2) is 29.2 Å². The lowest BCUT2D eigenvalue weighted by atomic mass is 9.80. The van der Waals surface area contributed by atoms with E-state index in [1.54, 1.807) is 18.2 Å². The summed E-state index contributed by atoms with van der Waals surface area (Å²) < 4.78 is 15.2. The number of carbonyl (C=O) groups excluding carboxylic acids is 2. The molecule has 0 spiro atoms. The van der Waals surface area contributed by atoms with E-state index in [1.165, 1.54) is 36.3 Å². The molecule has 1 saturated carbocycles. The lowest BCUT2D eigenvalue weighted by molar-refractivity contribution is -0.525. The molecule has 3 aliphatic rings. The largest absolute Gasteiger partial charge is 0.293 e. The fraction of sp³-hybridized carbons (Fsp3) is 0.450. The first kappa shape index (κ1) is 18.2. The van der Waals surface area contributed by atoms with Crippen molar-refractivity contribution in [3.63, 3.8) is 0 Å². The highest BCUT2D eigenvalue weighted by Crippen LogP contribution is 2.35. The van der Waals surface area contributed by atoms with Gasteiger partial charge in [-0.2, -0.15) is 0 Å². The van der Waals surface area contributed by atoms with Crippen molar-refractivity contribution in [3.8, 4) is 0 Å². The minimum Gasteiger partial charge on any atom is -0.291 e. The predicted octanol–water partition coefficient (Wildman–Crippen LogP) is 3.05. The van der Waals surface area contributed by atoms with E-state index >= 15 is 0 Å². The minimum atomic E-state index is -0.333. The quantitative estimate of drug-likeness (QED) is 0.636. The van der Waals surface area contributed by atoms with E-state index in [0.29, 0.717) is 35.4 Å². The van der Waals surface area contributed by atoms with Crippen LogP contribution in [0, 0.1) is 17.7 Å². The van der Waals surface area contributed by atoms with Gasteiger partial charge in [-0.25, -0.2) is 4.39 Å². The number of benzene rings is 1. The molecule has 2 fully saturated rings. The summed E-state index contributed by atoms with van der Waals surface area (Å²) in [6.45, 7) is 1.85. The lowest BCUT2D eigenvalue weighted by Gasteiger charge is -2.21. The molecule has 7 heteroatoms. The number of amidine groups is 1. The second kappa shape index (κ2) is 7.46. The summed E-state index contributed by atoms with van der Waals surface area (Å²) in [5.41, 5.74) is 7.03. The number of hydrogen-bond acceptors (Lipinski definition) is 4. The van der Waals surface area contributed by atoms with Gasteiger partial charge in [0.2, 0.25) is 5.84 Å². The standard InChI is InChI=1S/C20H22FN3O2S/c21-15-7-5-13(6-8-15)11-17-19(25)24(20(26)27-17)10-9-23-12-14-3-1-2-4-16(14)18(23)22/h5-8,11,14,16,22H,1-4,9-10,12H2/p+1/b17-11-/t14-,16-/m1/s1. The normalized spacial score (nSPS) is 27.0. The molecule has 0 unspecified atom stereocenters. The highest BCUT2D eigenvalue weighted by molar-refractivity contribution is 8.18. The molecule has 2 aliphatic heterocycles. The molecule has 27 heavy (non-hydrogen) atoms. The van der Waals surface area contributed by atoms with E-state index in [4.69, 9.17) is 5.73 Å². The van der Waals surface area contributed by atoms with Crippen LogP contribution in [0.1, 0.15) is 31.2 Å². The van der Waals surface area contributed by atoms with Gasteiger partial charge in [-0.05, 0) is 48.4 Å². The van der Waals surface area contributed by atoms with Gasteiger partial charge in [-0.3, -0.25) is 24.8 Å². The van der Waals surface area contributed by atoms with Gasteiger partial charge in [0.05, 0.1) is 23.9 Å². The molecule has 0 radical (unpaired) electrons. The number of amides is 2. The number of nitrogens with two attached hydrogens (primary N) is 1. The van der Waals surface area contributed by atoms with E-state index in [9.17, 15) is 14.0 Å². The van der Waals surface area contributed by atoms with Crippen molar-refractivity contribution < 1.29 is 18.6 Å². The van der Waals surface area contributed by atoms with Crippen molar-refractivity contribution in [2.75, 3.05) is 19.6 Å². The summed E-state index contributed by atoms with van der Waals surface area (Å²) in [7, 11) is 0. The first-order valence-corrected chi connectivity index (χ1v) is 10.2. The molecule has 142 valence electrons. The van der Waals surface area contributed by atoms with Gasteiger partial charge in [-0.15, -0.1) is 0 Å². The molecule has 2 atom stereocenters. The maximum Gasteiger partial charge on any atom is 0.293 e. The van der Waals surface area contributed by atoms with Gasteiger partial charge in [-0.1, -0.05) is 25.0 Å². The van der Waals surface area contributed by atoms with Crippen LogP contribution >= 0.6 is 11.8 Å². The van der Waals surface area contributed by atoms with E-state index < -0.39 is 0 Å². The van der Waals surface area contributed by atoms with Crippen LogP contribution in [-0.4, -0.2) is 46.1 Å². The number of fused-ring (bicyclic) bond motifs is 1. The summed E-state index contributed by atoms with van der Waals surface area (Å²) >= 11 is 0.932. The van der Waals surface area contributed by atoms with E-state index in [1.807, 2.05) is 0 Å². The second-order valence-electron chi connectivity index (χ2n) is 7.41. The molecular formula is C20H23FN3O2S+. The predicted molar refractivity (Wildman–Crippen MR) is 104 cm³/mol. The highest BCUT2D eigenvalue weighted by Gasteiger charge is 2.41. The van der Waals surface area contributed by atoms with Crippen LogP contribution in [0.3, 0.4) is 0 Å². The molecule has 5 nitrogen and oxygen atoms in total. The molecule has 1 aliphatic carbocycles. The molecule has 2 heterocycles. The number of rotatable bonds is 4. The van der Waals surface area contributed by atoms with Crippen LogP contribution in [0.5, 0.6) is 0 Å². The summed E-state index contributed by atoms with van der Waals surface area (Å²) in [6, 6.07) is 5.85. The van der Waals surface area contributed by atoms with Crippen LogP contribution in [0.2, 0.25) is 0 Å². The first-order valence-electron chi connectivity index (χ1n) is 9.41. The Labute approximate surface area is 162 Å². The summed E-state index contributed by atoms with van der Waals surface area (Å²) in [4.78, 5) is 26.6. The monoisotopic (exact) mass is 388 g/mol. The summed E-state index contributed by atoms with van der Waals surface area (Å²) in [6.07, 6.45) is 6.49. The Bertz CT molecular complexity index is 834. The van der Waals surface area contributed by atoms with Crippen molar-refractivity contribution in [3.05, 3.63) is 40.6 Å². The topological polar surface area (TPSA) is 66.4 Å². The molecule has 0 bridgehead atoms. The molecule has 1 saturated heterocycles. The third-order valence-corrected chi connectivity index (χ3v) is 6.65. The van der Waals surface area contributed by atoms with Crippen molar-refractivity contribution in [1.82, 2.24) is 4.90 Å². The van der Waals surface area contributed by atoms with Crippen molar-refractivity contribution in [2.45, 2.75) is 25.7 Å². The third-order valence-electron chi connectivity index (χ3n) is 5.74. The molecule has 1 aromatic carbocycles. The van der Waals surface area contributed by atoms with Gasteiger partial charge in [0.15, 0.2) is 0 Å². The number of nitrogens with zero attached hydrogens (tertiary/aromatic N) is 2. The van der Waals surface area contributed by atoms with Gasteiger partial charge in [0.25, 0.3) is 11.1 Å². The summed E-state index contributed by atoms with van der Waals surface area (Å²) in [5, 5.41) is -0.261. The first-order chi connectivity index (χ1) is 13.0. The highest BCUT2D eigenvalue weighted by atomic mass is 32.2. The Kier molecular flexibility index (Phi) is 5.04. The average Bonchev–Trinajstić information content (AvgIpc) is 3.12. The van der Waals surface area contributed by atoms with Crippen LogP contribution in [0.25, 0.3) is 6.08 Å². The molecule has 1 aromatic rings. The fourth-order valence-corrected chi connectivity index (χ4v) is 5.15. The van der Waals surface area contributed by atoms with Crippen LogP contribution < -0.4 is 5.73 Å². The molecule has 2 N–H and O–H groups in total. The van der Waals surface area contributed by atoms with E-state index in [2.05, 4.69) is 4.58 Å². The van der Waals surface area contributed by atoms with Crippen molar-refractivity contribution >= 4 is 34.8 Å². The van der Waals surface area contributed by atoms with Gasteiger partial charge >= 0.3 is 0 Å². The molecule has 2 amide bonds. The number of halogens is 1. The zero-order valence-corrected chi connectivity index (χ0v) is 15.9. The Morgan fingerprint density at radius 3 is 2.70 bits per heavy atom. The molecular weight excluding hydrogens is 365 g/mol. The van der Waals surface area contributed by atoms with Crippen LogP contribution in [0.4, 0.5) is 9.18 Å². The number of carbonyl (C=O) groups is 2. The maximum absolute atomic E-state index is 13.0. The summed E-state index contributed by atoms with van der Waals surface area (Å²) in [5.74, 6) is 1.39. The minimum absolute atomic E-state index is 0.261. The fourth-order valence-electron chi connectivity index (χ4n) is 4.28. The Morgan fingerprint density at radius 1 is 1.22 bits per heavy atom. The molecule has 0 aromatic heterocycles. The molecule has 4 rings (SSSR count). The van der Waals surface area contributed by atoms with E-state index in [0.717, 1.165) is 30.6 Å². The van der Waals surface area contributed by atoms with Crippen molar-refractivity contribution in [1.29, 1.82) is 0 Å². The zero-order chi connectivity index (χ0) is 19.0. The van der Waals surface area contributed by atoms with Crippen LogP contribution in [-0.2, 0) is 4.79 Å². The second-order valence-corrected chi connectivity index (χ2v) is 8.40. The number of thioether (sulfide) groups is 1. The van der Waals surface area contributed by atoms with Gasteiger partial charge in [0.1, 0.15) is 12.4 Å². The SMILES string of the molecule is NC1=[N+](CCN2C(=O)S/C(=C\c3ccc(F)cc3)C2=O)C[C@H]2CCCC[C@@H]12. The third kappa shape index (κ3) is 3.65. The number of hydrogen-bond donors (Lipinski definition) is 1. The van der Waals surface area contributed by atoms with Gasteiger partial charge in [0, 0.05) is 5.92 Å².